The first-order valence-electron chi connectivity index (χ1n) is 9.14. The van der Waals surface area contributed by atoms with Crippen molar-refractivity contribution in [1.82, 2.24) is 15.1 Å². The Morgan fingerprint density at radius 2 is 1.89 bits per heavy atom. The van der Waals surface area contributed by atoms with Gasteiger partial charge in [0.15, 0.2) is 0 Å². The van der Waals surface area contributed by atoms with Gasteiger partial charge in [-0.1, -0.05) is 17.3 Å². The number of nitrogens with zero attached hydrogens (tertiary/aromatic N) is 5. The van der Waals surface area contributed by atoms with E-state index in [1.807, 2.05) is 15.9 Å². The maximum Gasteiger partial charge on any atom is 0.376 e. The molecule has 28 heavy (non-hydrogen) atoms. The van der Waals surface area contributed by atoms with Gasteiger partial charge >= 0.3 is 5.97 Å². The lowest BCUT2D eigenvalue weighted by Crippen LogP contribution is -2.47. The summed E-state index contributed by atoms with van der Waals surface area (Å²) in [5.74, 6) is -0.318. The molecule has 3 aromatic rings. The average Bonchev–Trinajstić information content (AvgIpc) is 3.09. The predicted octanol–water partition coefficient (Wildman–Crippen LogP) is 2.57. The number of ether oxygens (including phenoxy) is 1. The predicted molar refractivity (Wildman–Crippen MR) is 101 cm³/mol. The zero-order valence-electron chi connectivity index (χ0n) is 15.7. The molecule has 0 radical (unpaired) electrons. The Hall–Kier alpha value is -3.23. The highest BCUT2D eigenvalue weighted by molar-refractivity contribution is 5.93. The molecule has 0 bridgehead atoms. The maximum atomic E-state index is 14.1. The molecule has 146 valence electrons. The van der Waals surface area contributed by atoms with Crippen LogP contribution in [-0.2, 0) is 4.74 Å². The number of aromatic nitrogens is 3. The van der Waals surface area contributed by atoms with E-state index in [1.165, 1.54) is 6.07 Å². The van der Waals surface area contributed by atoms with Gasteiger partial charge < -0.3 is 19.1 Å². The number of hydrogen-bond acceptors (Lipinski definition) is 8. The summed E-state index contributed by atoms with van der Waals surface area (Å²) in [4.78, 5) is 24.7. The van der Waals surface area contributed by atoms with E-state index in [-0.39, 0.29) is 24.0 Å². The number of aryl methyl sites for hydroxylation is 1. The second-order valence-corrected chi connectivity index (χ2v) is 6.46. The Morgan fingerprint density at radius 3 is 2.61 bits per heavy atom. The van der Waals surface area contributed by atoms with Crippen LogP contribution in [-0.4, -0.2) is 53.9 Å². The summed E-state index contributed by atoms with van der Waals surface area (Å²) in [6, 6.07) is 6.74. The minimum atomic E-state index is -0.607. The third kappa shape index (κ3) is 3.23. The number of esters is 1. The van der Waals surface area contributed by atoms with Crippen LogP contribution in [0, 0.1) is 12.7 Å². The van der Waals surface area contributed by atoms with Gasteiger partial charge in [-0.3, -0.25) is 0 Å². The average molecular weight is 385 g/mol. The van der Waals surface area contributed by atoms with Gasteiger partial charge in [-0.2, -0.15) is 4.98 Å². The number of para-hydroxylation sites is 1. The number of piperazine rings is 1. The first-order chi connectivity index (χ1) is 13.6. The quantitative estimate of drug-likeness (QED) is 0.634. The number of rotatable bonds is 4. The molecule has 1 saturated heterocycles. The topological polar surface area (TPSA) is 84.6 Å². The van der Waals surface area contributed by atoms with Crippen LogP contribution < -0.4 is 9.80 Å². The summed E-state index contributed by atoms with van der Waals surface area (Å²) in [6.07, 6.45) is 0. The molecule has 0 amide bonds. The fourth-order valence-corrected chi connectivity index (χ4v) is 3.35. The van der Waals surface area contributed by atoms with Crippen LogP contribution in [0.3, 0.4) is 0 Å². The van der Waals surface area contributed by atoms with E-state index >= 15 is 0 Å². The highest BCUT2D eigenvalue weighted by Crippen LogP contribution is 2.29. The highest BCUT2D eigenvalue weighted by Gasteiger charge is 2.26. The molecule has 0 saturated carbocycles. The van der Waals surface area contributed by atoms with Crippen LogP contribution >= 0.6 is 0 Å². The molecule has 9 heteroatoms. The minimum Gasteiger partial charge on any atom is -0.460 e. The van der Waals surface area contributed by atoms with Gasteiger partial charge in [0, 0.05) is 26.2 Å². The van der Waals surface area contributed by atoms with Gasteiger partial charge in [0.1, 0.15) is 17.0 Å². The second kappa shape index (κ2) is 7.41. The lowest BCUT2D eigenvalue weighted by atomic mass is 10.2. The van der Waals surface area contributed by atoms with Crippen molar-refractivity contribution in [1.29, 1.82) is 0 Å². The summed E-state index contributed by atoms with van der Waals surface area (Å²) in [6.45, 7) is 6.19. The van der Waals surface area contributed by atoms with E-state index in [2.05, 4.69) is 15.1 Å². The van der Waals surface area contributed by atoms with E-state index in [0.29, 0.717) is 48.8 Å². The molecule has 0 atom stereocenters. The van der Waals surface area contributed by atoms with Crippen LogP contribution in [0.15, 0.2) is 28.8 Å². The third-order valence-corrected chi connectivity index (χ3v) is 4.72. The van der Waals surface area contributed by atoms with Gasteiger partial charge in [0.2, 0.25) is 5.82 Å². The zero-order chi connectivity index (χ0) is 19.7. The van der Waals surface area contributed by atoms with Gasteiger partial charge in [0.25, 0.3) is 5.71 Å². The van der Waals surface area contributed by atoms with Crippen molar-refractivity contribution in [3.8, 4) is 0 Å². The fourth-order valence-electron chi connectivity index (χ4n) is 3.35. The van der Waals surface area contributed by atoms with Crippen LogP contribution in [0.1, 0.15) is 23.2 Å². The molecule has 0 N–H and O–H groups in total. The van der Waals surface area contributed by atoms with E-state index in [9.17, 15) is 9.18 Å². The van der Waals surface area contributed by atoms with Crippen molar-refractivity contribution in [2.75, 3.05) is 42.6 Å². The molecule has 1 aliphatic heterocycles. The summed E-state index contributed by atoms with van der Waals surface area (Å²) in [5.41, 5.74) is 1.49. The SMILES string of the molecule is CCOC(=O)c1nc(N2CCN(c3ccccc3F)CC2)c2c(C)noc2n1. The lowest BCUT2D eigenvalue weighted by Gasteiger charge is -2.37. The lowest BCUT2D eigenvalue weighted by molar-refractivity contribution is 0.0512. The van der Waals surface area contributed by atoms with E-state index < -0.39 is 5.97 Å². The van der Waals surface area contributed by atoms with Gasteiger partial charge in [-0.25, -0.2) is 14.2 Å². The largest absolute Gasteiger partial charge is 0.460 e. The van der Waals surface area contributed by atoms with E-state index in [0.717, 1.165) is 0 Å². The van der Waals surface area contributed by atoms with Crippen LogP contribution in [0.25, 0.3) is 11.1 Å². The third-order valence-electron chi connectivity index (χ3n) is 4.72. The van der Waals surface area contributed by atoms with Crippen LogP contribution in [0.4, 0.5) is 15.9 Å². The molecule has 4 rings (SSSR count). The summed E-state index contributed by atoms with van der Waals surface area (Å²) < 4.78 is 24.4. The number of anilines is 2. The molecule has 1 fully saturated rings. The highest BCUT2D eigenvalue weighted by atomic mass is 19.1. The zero-order valence-corrected chi connectivity index (χ0v) is 15.7. The number of carbonyl (C=O) groups excluding carboxylic acids is 1. The number of fused-ring (bicyclic) bond motifs is 1. The smallest absolute Gasteiger partial charge is 0.376 e. The molecule has 2 aromatic heterocycles. The molecule has 1 aliphatic rings. The summed E-state index contributed by atoms with van der Waals surface area (Å²) in [5, 5.41) is 4.63. The normalized spacial score (nSPS) is 14.5. The van der Waals surface area contributed by atoms with Gasteiger partial charge in [0.05, 0.1) is 18.0 Å². The molecular weight excluding hydrogens is 365 g/mol. The number of halogens is 1. The van der Waals surface area contributed by atoms with Crippen molar-refractivity contribution in [2.45, 2.75) is 13.8 Å². The van der Waals surface area contributed by atoms with Crippen molar-refractivity contribution >= 4 is 28.6 Å². The monoisotopic (exact) mass is 385 g/mol. The Kier molecular flexibility index (Phi) is 4.81. The van der Waals surface area contributed by atoms with E-state index in [4.69, 9.17) is 9.26 Å². The molecule has 1 aromatic carbocycles. The van der Waals surface area contributed by atoms with Crippen molar-refractivity contribution in [3.05, 3.63) is 41.6 Å². The van der Waals surface area contributed by atoms with Crippen LogP contribution in [0.5, 0.6) is 0 Å². The standard InChI is InChI=1S/C19H20FN5O3/c1-3-27-19(26)16-21-17(15-12(2)23-28-18(15)22-16)25-10-8-24(9-11-25)14-7-5-4-6-13(14)20/h4-7H,3,8-11H2,1-2H3. The molecular formula is C19H20FN5O3. The number of carbonyl (C=O) groups is 1. The Morgan fingerprint density at radius 1 is 1.18 bits per heavy atom. The van der Waals surface area contributed by atoms with Crippen LogP contribution in [0.2, 0.25) is 0 Å². The maximum absolute atomic E-state index is 14.1. The molecule has 0 aliphatic carbocycles. The van der Waals surface area contributed by atoms with Gasteiger partial charge in [-0.05, 0) is 26.0 Å². The Balaban J connectivity index is 1.63. The summed E-state index contributed by atoms with van der Waals surface area (Å²) >= 11 is 0. The van der Waals surface area contributed by atoms with Crippen molar-refractivity contribution in [3.63, 3.8) is 0 Å². The summed E-state index contributed by atoms with van der Waals surface area (Å²) in [7, 11) is 0. The van der Waals surface area contributed by atoms with Crippen molar-refractivity contribution in [2.24, 2.45) is 0 Å². The van der Waals surface area contributed by atoms with E-state index in [1.54, 1.807) is 26.0 Å². The molecule has 0 spiro atoms. The molecule has 0 unspecified atom stereocenters. The number of hydrogen-bond donors (Lipinski definition) is 0. The van der Waals surface area contributed by atoms with Gasteiger partial charge in [-0.15, -0.1) is 0 Å². The minimum absolute atomic E-state index is 0.0583. The Labute approximate surface area is 160 Å². The fraction of sp³-hybridized carbons (Fsp3) is 0.368. The van der Waals surface area contributed by atoms with Crippen molar-refractivity contribution < 1.29 is 18.4 Å². The Bertz CT molecular complexity index is 1010. The molecule has 8 nitrogen and oxygen atoms in total. The molecule has 3 heterocycles. The first-order valence-corrected chi connectivity index (χ1v) is 9.14. The second-order valence-electron chi connectivity index (χ2n) is 6.46. The number of benzene rings is 1. The first kappa shape index (κ1) is 18.1.